The molecule has 0 bridgehead atoms. The molecule has 1 aromatic rings. The van der Waals surface area contributed by atoms with Crippen LogP contribution in [-0.4, -0.2) is 15.9 Å². The van der Waals surface area contributed by atoms with Crippen LogP contribution in [-0.2, 0) is 21.6 Å². The molecule has 0 fully saturated rings. The Balaban J connectivity index is 2.74. The Bertz CT molecular complexity index is 602. The maximum absolute atomic E-state index is 12.7. The number of hydrogen-bond donors (Lipinski definition) is 1. The lowest BCUT2D eigenvalue weighted by Gasteiger charge is -2.20. The molecule has 1 heterocycles. The fourth-order valence-corrected chi connectivity index (χ4v) is 3.00. The molecule has 2 N–H and O–H groups in total. The molecule has 92 valence electrons. The van der Waals surface area contributed by atoms with Crippen LogP contribution >= 0.6 is 0 Å². The van der Waals surface area contributed by atoms with Gasteiger partial charge in [-0.2, -0.15) is 17.6 Å². The number of fused-ring (bicyclic) bond motifs is 1. The summed E-state index contributed by atoms with van der Waals surface area (Å²) < 4.78 is 53.5. The predicted octanol–water partition coefficient (Wildman–Crippen LogP) is 1.56. The third-order valence-corrected chi connectivity index (χ3v) is 3.65. The molecule has 1 aromatic carbocycles. The number of nitrogens with zero attached hydrogens (tertiary/aromatic N) is 1. The Kier molecular flexibility index (Phi) is 2.46. The van der Waals surface area contributed by atoms with E-state index in [1.165, 1.54) is 12.1 Å². The molecule has 0 amide bonds. The molecule has 0 saturated heterocycles. The van der Waals surface area contributed by atoms with Gasteiger partial charge in [-0.05, 0) is 17.5 Å². The van der Waals surface area contributed by atoms with Crippen molar-refractivity contribution in [3.8, 4) is 0 Å². The van der Waals surface area contributed by atoms with Gasteiger partial charge in [-0.15, -0.1) is 0 Å². The molecule has 1 atom stereocenters. The van der Waals surface area contributed by atoms with Crippen LogP contribution in [0.5, 0.6) is 0 Å². The van der Waals surface area contributed by atoms with Crippen LogP contribution in [0.4, 0.5) is 13.2 Å². The van der Waals surface area contributed by atoms with E-state index >= 15 is 0 Å². The van der Waals surface area contributed by atoms with Crippen molar-refractivity contribution in [1.29, 1.82) is 0 Å². The summed E-state index contributed by atoms with van der Waals surface area (Å²) in [6.45, 7) is 0. The average Bonchev–Trinajstić information content (AvgIpc) is 2.13. The summed E-state index contributed by atoms with van der Waals surface area (Å²) in [5, 5.41) is 0. The predicted molar refractivity (Wildman–Crippen MR) is 61.1 cm³/mol. The van der Waals surface area contributed by atoms with Crippen molar-refractivity contribution < 1.29 is 17.4 Å². The first-order valence-electron chi connectivity index (χ1n) is 4.60. The van der Waals surface area contributed by atoms with Crippen molar-refractivity contribution in [1.82, 2.24) is 0 Å². The summed E-state index contributed by atoms with van der Waals surface area (Å²) in [7, 11) is -2.81. The summed E-state index contributed by atoms with van der Waals surface area (Å²) in [5.41, 5.74) is 4.69. The number of hydrogen-bond acceptors (Lipinski definition) is 2. The lowest BCUT2D eigenvalue weighted by molar-refractivity contribution is -0.137. The van der Waals surface area contributed by atoms with Crippen molar-refractivity contribution in [3.63, 3.8) is 0 Å². The first-order chi connectivity index (χ1) is 7.71. The highest BCUT2D eigenvalue weighted by atomic mass is 32.2. The molecule has 1 unspecified atom stereocenters. The van der Waals surface area contributed by atoms with Crippen molar-refractivity contribution >= 4 is 21.4 Å². The zero-order valence-electron chi connectivity index (χ0n) is 8.62. The molecule has 0 spiro atoms. The Morgan fingerprint density at radius 1 is 1.41 bits per heavy atom. The molecule has 17 heavy (non-hydrogen) atoms. The molecule has 0 aromatic heterocycles. The van der Waals surface area contributed by atoms with Crippen molar-refractivity contribution in [3.05, 3.63) is 34.9 Å². The fourth-order valence-electron chi connectivity index (χ4n) is 1.76. The molecule has 2 rings (SSSR count). The van der Waals surface area contributed by atoms with E-state index in [1.54, 1.807) is 0 Å². The topological polar surface area (TPSA) is 55.5 Å². The quantitative estimate of drug-likeness (QED) is 0.721. The van der Waals surface area contributed by atoms with Crippen molar-refractivity contribution in [2.45, 2.75) is 11.9 Å². The van der Waals surface area contributed by atoms with E-state index in [4.69, 9.17) is 5.73 Å². The third kappa shape index (κ3) is 2.14. The van der Waals surface area contributed by atoms with Gasteiger partial charge < -0.3 is 5.73 Å². The molecular formula is C10H9F3N2OS. The van der Waals surface area contributed by atoms with Gasteiger partial charge in [0.15, 0.2) is 0 Å². The summed E-state index contributed by atoms with van der Waals surface area (Å²) in [6.07, 6.45) is -4.51. The first-order valence-corrected chi connectivity index (χ1v) is 6.46. The minimum Gasteiger partial charge on any atom is -0.383 e. The molecule has 1 aliphatic rings. The molecule has 3 nitrogen and oxygen atoms in total. The van der Waals surface area contributed by atoms with E-state index in [2.05, 4.69) is 10.3 Å². The molecular weight excluding hydrogens is 253 g/mol. The van der Waals surface area contributed by atoms with E-state index in [1.807, 2.05) is 0 Å². The Morgan fingerprint density at radius 3 is 2.65 bits per heavy atom. The van der Waals surface area contributed by atoms with E-state index in [9.17, 15) is 17.4 Å². The normalized spacial score (nSPS) is 24.1. The second-order valence-electron chi connectivity index (χ2n) is 3.73. The lowest BCUT2D eigenvalue weighted by atomic mass is 10.0. The van der Waals surface area contributed by atoms with Crippen molar-refractivity contribution in [2.75, 3.05) is 0 Å². The largest absolute Gasteiger partial charge is 0.417 e. The van der Waals surface area contributed by atoms with Crippen LogP contribution in [0.2, 0.25) is 0 Å². The summed E-state index contributed by atoms with van der Waals surface area (Å²) in [5.74, 6) is 2.87. The van der Waals surface area contributed by atoms with Gasteiger partial charge in [0.2, 0.25) is 0 Å². The van der Waals surface area contributed by atoms with Crippen LogP contribution in [0.1, 0.15) is 16.7 Å². The highest BCUT2D eigenvalue weighted by Crippen LogP contribution is 2.35. The standard InChI is InChI=1S/C10H9F3N2OS/c1-17(16)5-6-3-2-4-7(10(11,12)13)8(6)9(14)15-17/h2-4H,1,5H2,(H2,14,15,16). The van der Waals surface area contributed by atoms with Crippen LogP contribution in [0.25, 0.3) is 0 Å². The Morgan fingerprint density at radius 2 is 2.06 bits per heavy atom. The second kappa shape index (κ2) is 3.49. The number of rotatable bonds is 0. The van der Waals surface area contributed by atoms with Gasteiger partial charge in [0.1, 0.15) is 5.84 Å². The van der Waals surface area contributed by atoms with E-state index < -0.39 is 21.4 Å². The SMILES string of the molecule is C=S1(=O)Cc2cccc(C(F)(F)F)c2C(N)=N1. The Labute approximate surface area is 96.3 Å². The van der Waals surface area contributed by atoms with Gasteiger partial charge in [-0.3, -0.25) is 0 Å². The number of alkyl halides is 3. The minimum atomic E-state index is -4.51. The Hall–Kier alpha value is -1.50. The second-order valence-corrected chi connectivity index (χ2v) is 5.75. The van der Waals surface area contributed by atoms with E-state index in [0.29, 0.717) is 0 Å². The molecule has 0 radical (unpaired) electrons. The number of halogens is 3. The van der Waals surface area contributed by atoms with E-state index in [-0.39, 0.29) is 22.7 Å². The molecule has 7 heteroatoms. The smallest absolute Gasteiger partial charge is 0.383 e. The monoisotopic (exact) mass is 262 g/mol. The zero-order chi connectivity index (χ0) is 12.8. The van der Waals surface area contributed by atoms with Crippen LogP contribution in [0.3, 0.4) is 0 Å². The zero-order valence-corrected chi connectivity index (χ0v) is 9.44. The molecule has 0 saturated carbocycles. The minimum absolute atomic E-state index is 0.118. The maximum atomic E-state index is 12.7. The number of benzene rings is 1. The summed E-state index contributed by atoms with van der Waals surface area (Å²) in [6, 6.07) is 3.64. The van der Waals surface area contributed by atoms with Gasteiger partial charge >= 0.3 is 6.18 Å². The van der Waals surface area contributed by atoms with Gasteiger partial charge in [-0.1, -0.05) is 12.1 Å². The van der Waals surface area contributed by atoms with Crippen LogP contribution in [0.15, 0.2) is 22.6 Å². The van der Waals surface area contributed by atoms with E-state index in [0.717, 1.165) is 6.07 Å². The molecule has 0 aliphatic carbocycles. The molecule has 1 aliphatic heterocycles. The first kappa shape index (κ1) is 12.0. The van der Waals surface area contributed by atoms with Gasteiger partial charge in [-0.25, -0.2) is 4.21 Å². The number of nitrogens with two attached hydrogens (primary N) is 1. The van der Waals surface area contributed by atoms with Gasteiger partial charge in [0, 0.05) is 5.56 Å². The highest BCUT2D eigenvalue weighted by Gasteiger charge is 2.36. The maximum Gasteiger partial charge on any atom is 0.417 e. The summed E-state index contributed by atoms with van der Waals surface area (Å²) in [4.78, 5) is 0. The lowest BCUT2D eigenvalue weighted by Crippen LogP contribution is -2.27. The van der Waals surface area contributed by atoms with Crippen LogP contribution in [0, 0.1) is 0 Å². The van der Waals surface area contributed by atoms with Gasteiger partial charge in [0.05, 0.1) is 21.0 Å². The summed E-state index contributed by atoms with van der Waals surface area (Å²) >= 11 is 0. The highest BCUT2D eigenvalue weighted by molar-refractivity contribution is 7.98. The van der Waals surface area contributed by atoms with Crippen LogP contribution < -0.4 is 5.73 Å². The van der Waals surface area contributed by atoms with Crippen molar-refractivity contribution in [2.24, 2.45) is 10.1 Å². The fraction of sp³-hybridized carbons (Fsp3) is 0.200. The number of amidine groups is 1. The van der Waals surface area contributed by atoms with Gasteiger partial charge in [0.25, 0.3) is 0 Å². The third-order valence-electron chi connectivity index (χ3n) is 2.36. The average molecular weight is 262 g/mol.